The van der Waals surface area contributed by atoms with Crippen molar-refractivity contribution in [2.75, 3.05) is 15.5 Å². The van der Waals surface area contributed by atoms with Crippen LogP contribution in [0.4, 0.5) is 17.1 Å². The molecular formula is C26H26ClN3O2. The summed E-state index contributed by atoms with van der Waals surface area (Å²) in [5.41, 5.74) is 5.67. The Bertz CT molecular complexity index is 1180. The predicted molar refractivity (Wildman–Crippen MR) is 131 cm³/mol. The second-order valence-electron chi connectivity index (χ2n) is 8.22. The van der Waals surface area contributed by atoms with Crippen LogP contribution in [0.2, 0.25) is 5.02 Å². The Balaban J connectivity index is 1.76. The van der Waals surface area contributed by atoms with Crippen LogP contribution in [-0.4, -0.2) is 17.9 Å². The molecule has 0 saturated carbocycles. The van der Waals surface area contributed by atoms with Gasteiger partial charge in [-0.15, -0.1) is 0 Å². The zero-order valence-corrected chi connectivity index (χ0v) is 19.1. The van der Waals surface area contributed by atoms with Gasteiger partial charge in [0.25, 0.3) is 0 Å². The summed E-state index contributed by atoms with van der Waals surface area (Å²) < 4.78 is 0. The molecule has 6 heteroatoms. The molecule has 1 heterocycles. The average Bonchev–Trinajstić information content (AvgIpc) is 2.73. The molecule has 3 aromatic rings. The standard InChI is InChI=1S/C26H26ClN3O2/c1-16-12-25(29-23-9-5-7-21(27)15-23)24-14-20(10-11-26(24)30(16)18(3)32)19-6-4-8-22(13-19)28-17(2)31/h4-11,13-16,25,29H,12H2,1-3H3,(H,28,31)/t16-,25+/m0/s1. The maximum atomic E-state index is 12.4. The topological polar surface area (TPSA) is 61.4 Å². The van der Waals surface area contributed by atoms with Crippen LogP contribution in [0, 0.1) is 0 Å². The molecule has 2 N–H and O–H groups in total. The highest BCUT2D eigenvalue weighted by molar-refractivity contribution is 6.30. The smallest absolute Gasteiger partial charge is 0.224 e. The van der Waals surface area contributed by atoms with E-state index in [1.54, 1.807) is 6.92 Å². The fourth-order valence-electron chi connectivity index (χ4n) is 4.42. The number of hydrogen-bond donors (Lipinski definition) is 2. The van der Waals surface area contributed by atoms with Crippen molar-refractivity contribution in [1.82, 2.24) is 0 Å². The highest BCUT2D eigenvalue weighted by Gasteiger charge is 2.32. The second-order valence-corrected chi connectivity index (χ2v) is 8.65. The van der Waals surface area contributed by atoms with Crippen molar-refractivity contribution in [2.45, 2.75) is 39.3 Å². The van der Waals surface area contributed by atoms with Gasteiger partial charge in [-0.2, -0.15) is 0 Å². The Hall–Kier alpha value is -3.31. The van der Waals surface area contributed by atoms with Gasteiger partial charge in [0.2, 0.25) is 11.8 Å². The number of nitrogens with one attached hydrogen (secondary N) is 2. The van der Waals surface area contributed by atoms with Crippen molar-refractivity contribution in [3.05, 3.63) is 77.3 Å². The van der Waals surface area contributed by atoms with E-state index in [1.807, 2.05) is 65.6 Å². The minimum atomic E-state index is -0.107. The predicted octanol–water partition coefficient (Wildman–Crippen LogP) is 6.26. The largest absolute Gasteiger partial charge is 0.378 e. The molecule has 0 aliphatic carbocycles. The molecule has 0 fully saturated rings. The lowest BCUT2D eigenvalue weighted by Crippen LogP contribution is -2.43. The lowest BCUT2D eigenvalue weighted by Gasteiger charge is -2.39. The van der Waals surface area contributed by atoms with Gasteiger partial charge in [0, 0.05) is 42.0 Å². The number of nitrogens with zero attached hydrogens (tertiary/aromatic N) is 1. The van der Waals surface area contributed by atoms with Crippen molar-refractivity contribution in [3.63, 3.8) is 0 Å². The molecule has 0 aromatic heterocycles. The third-order valence-corrected chi connectivity index (χ3v) is 5.94. The Kier molecular flexibility index (Phi) is 6.19. The highest BCUT2D eigenvalue weighted by Crippen LogP contribution is 2.41. The Labute approximate surface area is 193 Å². The van der Waals surface area contributed by atoms with Crippen LogP contribution in [0.1, 0.15) is 38.8 Å². The molecule has 32 heavy (non-hydrogen) atoms. The van der Waals surface area contributed by atoms with Gasteiger partial charge in [-0.05, 0) is 72.5 Å². The molecule has 4 rings (SSSR count). The van der Waals surface area contributed by atoms with Gasteiger partial charge in [0.1, 0.15) is 0 Å². The average molecular weight is 448 g/mol. The number of carbonyl (C=O) groups excluding carboxylic acids is 2. The Morgan fingerprint density at radius 3 is 2.38 bits per heavy atom. The lowest BCUT2D eigenvalue weighted by atomic mass is 9.89. The first-order chi connectivity index (χ1) is 15.3. The molecule has 0 spiro atoms. The van der Waals surface area contributed by atoms with E-state index in [9.17, 15) is 9.59 Å². The molecule has 164 valence electrons. The SMILES string of the molecule is CC(=O)Nc1cccc(-c2ccc3c(c2)[C@H](Nc2cccc(Cl)c2)C[C@H](C)N3C(C)=O)c1. The van der Waals surface area contributed by atoms with Crippen molar-refractivity contribution < 1.29 is 9.59 Å². The van der Waals surface area contributed by atoms with Crippen LogP contribution in [-0.2, 0) is 9.59 Å². The first-order valence-electron chi connectivity index (χ1n) is 10.7. The van der Waals surface area contributed by atoms with Crippen LogP contribution in [0.25, 0.3) is 11.1 Å². The van der Waals surface area contributed by atoms with Gasteiger partial charge in [-0.25, -0.2) is 0 Å². The van der Waals surface area contributed by atoms with E-state index in [-0.39, 0.29) is 23.9 Å². The summed E-state index contributed by atoms with van der Waals surface area (Å²) in [4.78, 5) is 25.8. The molecule has 0 unspecified atom stereocenters. The maximum Gasteiger partial charge on any atom is 0.224 e. The van der Waals surface area contributed by atoms with Crippen molar-refractivity contribution in [2.24, 2.45) is 0 Å². The summed E-state index contributed by atoms with van der Waals surface area (Å²) in [5, 5.41) is 7.11. The van der Waals surface area contributed by atoms with Crippen LogP contribution in [0.15, 0.2) is 66.7 Å². The summed E-state index contributed by atoms with van der Waals surface area (Å²) in [5.74, 6) is -0.0789. The molecule has 5 nitrogen and oxygen atoms in total. The second kappa shape index (κ2) is 9.05. The summed E-state index contributed by atoms with van der Waals surface area (Å²) in [7, 11) is 0. The maximum absolute atomic E-state index is 12.4. The number of benzene rings is 3. The molecule has 0 bridgehead atoms. The summed E-state index contributed by atoms with van der Waals surface area (Å²) in [6, 6.07) is 21.7. The fourth-order valence-corrected chi connectivity index (χ4v) is 4.61. The van der Waals surface area contributed by atoms with Crippen molar-refractivity contribution >= 4 is 40.5 Å². The molecule has 2 amide bonds. The Morgan fingerprint density at radius 1 is 0.938 bits per heavy atom. The van der Waals surface area contributed by atoms with Gasteiger partial charge in [-0.1, -0.05) is 35.9 Å². The van der Waals surface area contributed by atoms with E-state index < -0.39 is 0 Å². The number of rotatable bonds is 4. The molecule has 0 saturated heterocycles. The summed E-state index contributed by atoms with van der Waals surface area (Å²) in [6.45, 7) is 5.17. The molecule has 2 atom stereocenters. The van der Waals surface area contributed by atoms with Crippen LogP contribution >= 0.6 is 11.6 Å². The third kappa shape index (κ3) is 4.63. The van der Waals surface area contributed by atoms with Crippen LogP contribution < -0.4 is 15.5 Å². The van der Waals surface area contributed by atoms with E-state index in [1.165, 1.54) is 6.92 Å². The normalized spacial score (nSPS) is 17.4. The van der Waals surface area contributed by atoms with Gasteiger partial charge >= 0.3 is 0 Å². The van der Waals surface area contributed by atoms with Crippen LogP contribution in [0.3, 0.4) is 0 Å². The summed E-state index contributed by atoms with van der Waals surface area (Å²) in [6.07, 6.45) is 0.772. The fraction of sp³-hybridized carbons (Fsp3) is 0.231. The zero-order valence-electron chi connectivity index (χ0n) is 18.4. The minimum Gasteiger partial charge on any atom is -0.378 e. The van der Waals surface area contributed by atoms with E-state index in [0.29, 0.717) is 5.02 Å². The monoisotopic (exact) mass is 447 g/mol. The third-order valence-electron chi connectivity index (χ3n) is 5.70. The number of fused-ring (bicyclic) bond motifs is 1. The quantitative estimate of drug-likeness (QED) is 0.496. The van der Waals surface area contributed by atoms with Crippen LogP contribution in [0.5, 0.6) is 0 Å². The van der Waals surface area contributed by atoms with E-state index in [2.05, 4.69) is 23.6 Å². The molecular weight excluding hydrogens is 422 g/mol. The first kappa shape index (κ1) is 21.9. The number of anilines is 3. The number of amides is 2. The van der Waals surface area contributed by atoms with Gasteiger partial charge < -0.3 is 15.5 Å². The van der Waals surface area contributed by atoms with Gasteiger partial charge in [0.05, 0.1) is 6.04 Å². The highest BCUT2D eigenvalue weighted by atomic mass is 35.5. The zero-order chi connectivity index (χ0) is 22.8. The van der Waals surface area contributed by atoms with Crippen molar-refractivity contribution in [3.8, 4) is 11.1 Å². The molecule has 1 aliphatic rings. The molecule has 1 aliphatic heterocycles. The van der Waals surface area contributed by atoms with Gasteiger partial charge in [-0.3, -0.25) is 9.59 Å². The van der Waals surface area contributed by atoms with E-state index in [0.717, 1.165) is 40.2 Å². The summed E-state index contributed by atoms with van der Waals surface area (Å²) >= 11 is 6.19. The van der Waals surface area contributed by atoms with Crippen molar-refractivity contribution in [1.29, 1.82) is 0 Å². The number of carbonyl (C=O) groups is 2. The number of hydrogen-bond acceptors (Lipinski definition) is 3. The lowest BCUT2D eigenvalue weighted by molar-refractivity contribution is -0.117. The first-order valence-corrected chi connectivity index (χ1v) is 11.0. The Morgan fingerprint density at radius 2 is 1.66 bits per heavy atom. The van der Waals surface area contributed by atoms with E-state index in [4.69, 9.17) is 11.6 Å². The van der Waals surface area contributed by atoms with E-state index >= 15 is 0 Å². The molecule has 0 radical (unpaired) electrons. The molecule has 3 aromatic carbocycles. The number of halogens is 1. The minimum absolute atomic E-state index is 0.0209. The van der Waals surface area contributed by atoms with Gasteiger partial charge in [0.15, 0.2) is 0 Å².